The van der Waals surface area contributed by atoms with Crippen LogP contribution in [0.3, 0.4) is 0 Å². The average Bonchev–Trinajstić information content (AvgIpc) is 3.62. The molecule has 2 aliphatic heterocycles. The SMILES string of the molecule is CCOc1cccc([C@H]2C3=CC[C@@H]4C(=O)N(c5cc([N+](=O)[O-])c(N(C)C)c([N+](=O)[O-])c5)C(=O)[C@@H]4[C@@H]3C[C@H]3C(=O)N(Nc4ccc(Cl)cc4Cl)C(=O)[C@@]23c2ccc(OC)cc2)c1O. The minimum atomic E-state index is -1.80. The second-order valence-electron chi connectivity index (χ2n) is 15.6. The van der Waals surface area contributed by atoms with Gasteiger partial charge in [0, 0.05) is 42.7 Å². The van der Waals surface area contributed by atoms with Crippen molar-refractivity contribution in [2.24, 2.45) is 23.7 Å². The molecular formula is C43H38Cl2N6O11. The number of nitro benzene ring substituents is 2. The number of hydrazine groups is 1. The van der Waals surface area contributed by atoms with E-state index in [4.69, 9.17) is 32.7 Å². The number of phenolic OH excluding ortho intramolecular Hbond substituents is 1. The smallest absolute Gasteiger partial charge is 0.301 e. The van der Waals surface area contributed by atoms with E-state index in [2.05, 4.69) is 5.43 Å². The normalized spacial score (nSPS) is 24.0. The van der Waals surface area contributed by atoms with Gasteiger partial charge < -0.3 is 19.5 Å². The van der Waals surface area contributed by atoms with Crippen LogP contribution < -0.4 is 24.7 Å². The number of imide groups is 2. The fraction of sp³-hybridized carbons (Fsp3) is 0.302. The number of aromatic hydroxyl groups is 1. The molecule has 4 aromatic carbocycles. The van der Waals surface area contributed by atoms with Crippen LogP contribution in [0.1, 0.15) is 36.8 Å². The van der Waals surface area contributed by atoms with Crippen molar-refractivity contribution in [3.05, 3.63) is 126 Å². The van der Waals surface area contributed by atoms with E-state index in [0.717, 1.165) is 22.0 Å². The molecule has 2 aliphatic carbocycles. The summed E-state index contributed by atoms with van der Waals surface area (Å²) in [5.41, 5.74) is 0.302. The number of nitrogens with zero attached hydrogens (tertiary/aromatic N) is 5. The summed E-state index contributed by atoms with van der Waals surface area (Å²) in [6, 6.07) is 17.8. The number of hydrogen-bond donors (Lipinski definition) is 2. The molecule has 0 radical (unpaired) electrons. The van der Waals surface area contributed by atoms with Crippen molar-refractivity contribution in [1.82, 2.24) is 5.01 Å². The van der Waals surface area contributed by atoms with Crippen LogP contribution in [-0.4, -0.2) is 71.4 Å². The highest BCUT2D eigenvalue weighted by Gasteiger charge is 2.71. The van der Waals surface area contributed by atoms with Gasteiger partial charge >= 0.3 is 11.4 Å². The summed E-state index contributed by atoms with van der Waals surface area (Å²) in [4.78, 5) is 84.9. The maximum absolute atomic E-state index is 15.6. The number of hydrogen-bond acceptors (Lipinski definition) is 13. The molecule has 4 aromatic rings. The molecule has 2 N–H and O–H groups in total. The minimum Gasteiger partial charge on any atom is -0.504 e. The fourth-order valence-corrected chi connectivity index (χ4v) is 10.4. The first-order chi connectivity index (χ1) is 29.6. The number of amides is 4. The number of nitro groups is 2. The number of allylic oxidation sites excluding steroid dienone is 2. The van der Waals surface area contributed by atoms with Crippen LogP contribution in [0.25, 0.3) is 0 Å². The number of carbonyl (C=O) groups excluding carboxylic acids is 4. The van der Waals surface area contributed by atoms with Crippen molar-refractivity contribution in [3.63, 3.8) is 0 Å². The maximum atomic E-state index is 15.6. The minimum absolute atomic E-state index is 0.0478. The molecule has 2 heterocycles. The van der Waals surface area contributed by atoms with Gasteiger partial charge in [-0.2, -0.15) is 5.01 Å². The largest absolute Gasteiger partial charge is 0.504 e. The van der Waals surface area contributed by atoms with Gasteiger partial charge in [0.1, 0.15) is 5.75 Å². The molecule has 6 atom stereocenters. The van der Waals surface area contributed by atoms with E-state index in [-0.39, 0.29) is 58.6 Å². The number of halogens is 2. The number of nitrogens with one attached hydrogen (secondary N) is 1. The Bertz CT molecular complexity index is 2600. The van der Waals surface area contributed by atoms with Crippen LogP contribution in [0.15, 0.2) is 84.4 Å². The van der Waals surface area contributed by atoms with E-state index >= 15 is 9.59 Å². The lowest BCUT2D eigenvalue weighted by molar-refractivity contribution is -0.392. The number of fused-ring (bicyclic) bond motifs is 4. The molecule has 3 fully saturated rings. The molecule has 4 amide bonds. The zero-order chi connectivity index (χ0) is 44.5. The van der Waals surface area contributed by atoms with Gasteiger partial charge in [0.2, 0.25) is 11.8 Å². The van der Waals surface area contributed by atoms with Crippen molar-refractivity contribution in [2.45, 2.75) is 31.1 Å². The summed E-state index contributed by atoms with van der Waals surface area (Å²) in [5, 5.41) is 37.9. The number of para-hydroxylation sites is 1. The lowest BCUT2D eigenvalue weighted by Crippen LogP contribution is -2.53. The quantitative estimate of drug-likeness (QED) is 0.0662. The number of methoxy groups -OCH3 is 1. The van der Waals surface area contributed by atoms with Crippen LogP contribution in [0.2, 0.25) is 10.0 Å². The van der Waals surface area contributed by atoms with Gasteiger partial charge in [-0.15, -0.1) is 0 Å². The van der Waals surface area contributed by atoms with E-state index in [1.54, 1.807) is 55.5 Å². The van der Waals surface area contributed by atoms with Gasteiger partial charge in [-0.1, -0.05) is 59.1 Å². The highest BCUT2D eigenvalue weighted by atomic mass is 35.5. The van der Waals surface area contributed by atoms with Gasteiger partial charge in [0.05, 0.1) is 63.1 Å². The molecular weight excluding hydrogens is 847 g/mol. The highest BCUT2D eigenvalue weighted by Crippen LogP contribution is 2.65. The van der Waals surface area contributed by atoms with Gasteiger partial charge in [-0.05, 0) is 67.6 Å². The van der Waals surface area contributed by atoms with Gasteiger partial charge in [-0.3, -0.25) is 44.8 Å². The second kappa shape index (κ2) is 15.6. The second-order valence-corrected chi connectivity index (χ2v) is 16.4. The van der Waals surface area contributed by atoms with Crippen molar-refractivity contribution >= 4 is 75.3 Å². The van der Waals surface area contributed by atoms with Crippen LogP contribution >= 0.6 is 23.2 Å². The monoisotopic (exact) mass is 884 g/mol. The number of benzene rings is 4. The van der Waals surface area contributed by atoms with Crippen LogP contribution in [0, 0.1) is 43.9 Å². The summed E-state index contributed by atoms with van der Waals surface area (Å²) < 4.78 is 11.3. The van der Waals surface area contributed by atoms with Crippen LogP contribution in [-0.2, 0) is 24.6 Å². The number of ether oxygens (including phenoxy) is 2. The van der Waals surface area contributed by atoms with E-state index in [1.165, 1.54) is 44.3 Å². The Balaban J connectivity index is 1.34. The molecule has 0 spiro atoms. The van der Waals surface area contributed by atoms with E-state index in [1.807, 2.05) is 0 Å². The van der Waals surface area contributed by atoms with Crippen molar-refractivity contribution in [1.29, 1.82) is 0 Å². The Hall–Kier alpha value is -6.72. The third-order valence-corrected chi connectivity index (χ3v) is 12.9. The molecule has 4 aliphatic rings. The first kappa shape index (κ1) is 42.0. The summed E-state index contributed by atoms with van der Waals surface area (Å²) in [5.74, 6) is -8.23. The Labute approximate surface area is 363 Å². The molecule has 62 heavy (non-hydrogen) atoms. The third-order valence-electron chi connectivity index (χ3n) is 12.4. The van der Waals surface area contributed by atoms with Gasteiger partial charge in [0.25, 0.3) is 11.8 Å². The molecule has 0 bridgehead atoms. The Morgan fingerprint density at radius 3 is 2.19 bits per heavy atom. The number of anilines is 3. The highest BCUT2D eigenvalue weighted by molar-refractivity contribution is 6.36. The van der Waals surface area contributed by atoms with Gasteiger partial charge in [0.15, 0.2) is 17.2 Å². The first-order valence-corrected chi connectivity index (χ1v) is 20.2. The maximum Gasteiger partial charge on any atom is 0.301 e. The Morgan fingerprint density at radius 1 is 0.919 bits per heavy atom. The predicted molar refractivity (Wildman–Crippen MR) is 226 cm³/mol. The lowest BCUT2D eigenvalue weighted by atomic mass is 9.49. The van der Waals surface area contributed by atoms with E-state index < -0.39 is 79.9 Å². The topological polar surface area (TPSA) is 215 Å². The molecule has 8 rings (SSSR count). The summed E-state index contributed by atoms with van der Waals surface area (Å²) in [7, 11) is 4.27. The number of carbonyl (C=O) groups is 4. The lowest BCUT2D eigenvalue weighted by Gasteiger charge is -2.50. The third kappa shape index (κ3) is 6.28. The Morgan fingerprint density at radius 2 is 1.60 bits per heavy atom. The molecule has 320 valence electrons. The summed E-state index contributed by atoms with van der Waals surface area (Å²) in [6.45, 7) is 1.91. The number of phenols is 1. The zero-order valence-corrected chi connectivity index (χ0v) is 35.0. The van der Waals surface area contributed by atoms with E-state index in [0.29, 0.717) is 21.9 Å². The molecule has 17 nitrogen and oxygen atoms in total. The summed E-state index contributed by atoms with van der Waals surface area (Å²) >= 11 is 12.7. The Kier molecular flexibility index (Phi) is 10.6. The van der Waals surface area contributed by atoms with Crippen molar-refractivity contribution < 1.29 is 43.6 Å². The average molecular weight is 886 g/mol. The first-order valence-electron chi connectivity index (χ1n) is 19.5. The standard InChI is InChI=1S/C43H38Cl2N6O11/c1-5-62-34-8-6-7-27(38(34)52)36-25-14-15-26-35(41(55)48(39(26)53)23-18-32(50(57)58)37(47(2)3)33(19-23)51(59)60)28(25)20-29-40(54)49(46-31-16-11-22(44)17-30(31)45)42(56)43(29,36)21-9-12-24(61-4)13-10-21/h6-14,16-19,26,28-29,35-36,46,52H,5,15,20H2,1-4H3/t26-,28+,29-,35-,36+,43+/m0/s1. The zero-order valence-electron chi connectivity index (χ0n) is 33.5. The van der Waals surface area contributed by atoms with Crippen molar-refractivity contribution in [2.75, 3.05) is 43.0 Å². The fourth-order valence-electron chi connectivity index (χ4n) is 9.94. The van der Waals surface area contributed by atoms with E-state index in [9.17, 15) is 34.9 Å². The molecule has 2 saturated heterocycles. The van der Waals surface area contributed by atoms with Crippen molar-refractivity contribution in [3.8, 4) is 17.2 Å². The molecule has 19 heteroatoms. The molecule has 1 saturated carbocycles. The molecule has 0 aromatic heterocycles. The molecule has 0 unspecified atom stereocenters. The predicted octanol–water partition coefficient (Wildman–Crippen LogP) is 7.18. The van der Waals surface area contributed by atoms with Crippen LogP contribution in [0.5, 0.6) is 17.2 Å². The van der Waals surface area contributed by atoms with Crippen LogP contribution in [0.4, 0.5) is 28.4 Å². The summed E-state index contributed by atoms with van der Waals surface area (Å²) in [6.07, 6.45) is 1.56. The number of rotatable bonds is 11. The van der Waals surface area contributed by atoms with Gasteiger partial charge in [-0.25, -0.2) is 4.90 Å².